The Balaban J connectivity index is 2.31. The van der Waals surface area contributed by atoms with Crippen LogP contribution in [0.15, 0.2) is 46.9 Å². The van der Waals surface area contributed by atoms with Crippen LogP contribution in [0.5, 0.6) is 0 Å². The van der Waals surface area contributed by atoms with E-state index in [1.165, 1.54) is 26.7 Å². The largest absolute Gasteiger partial charge is 0.320 e. The second kappa shape index (κ2) is 7.77. The summed E-state index contributed by atoms with van der Waals surface area (Å²) in [6.45, 7) is 5.48. The van der Waals surface area contributed by atoms with Gasteiger partial charge in [-0.15, -0.1) is 0 Å². The molecule has 1 nitrogen and oxygen atoms in total. The summed E-state index contributed by atoms with van der Waals surface area (Å²) in [5.74, 6) is 0.535. The molecule has 2 aromatic rings. The molecule has 2 aromatic carbocycles. The molecule has 1 unspecified atom stereocenters. The Bertz CT molecular complexity index is 572. The van der Waals surface area contributed by atoms with E-state index in [9.17, 15) is 0 Å². The maximum absolute atomic E-state index is 3.72. The summed E-state index contributed by atoms with van der Waals surface area (Å²) in [4.78, 5) is 0. The lowest BCUT2D eigenvalue weighted by Crippen LogP contribution is -2.15. The van der Waals surface area contributed by atoms with E-state index in [1.807, 2.05) is 7.05 Å². The lowest BCUT2D eigenvalue weighted by atomic mass is 9.86. The van der Waals surface area contributed by atoms with Crippen molar-refractivity contribution in [1.29, 1.82) is 0 Å². The summed E-state index contributed by atoms with van der Waals surface area (Å²) >= 11 is 3.72. The van der Waals surface area contributed by atoms with Gasteiger partial charge in [-0.25, -0.2) is 0 Å². The molecular formula is C19H24BrN. The van der Waals surface area contributed by atoms with E-state index in [1.54, 1.807) is 0 Å². The van der Waals surface area contributed by atoms with Crippen LogP contribution in [0.4, 0.5) is 0 Å². The SMILES string of the molecule is CNCCC(Cc1c(C)cccc1C)c1ccccc1Br. The van der Waals surface area contributed by atoms with Crippen molar-refractivity contribution in [2.75, 3.05) is 13.6 Å². The van der Waals surface area contributed by atoms with Gasteiger partial charge in [-0.2, -0.15) is 0 Å². The lowest BCUT2D eigenvalue weighted by molar-refractivity contribution is 0.589. The molecule has 0 fully saturated rings. The van der Waals surface area contributed by atoms with Crippen molar-refractivity contribution in [1.82, 2.24) is 5.32 Å². The van der Waals surface area contributed by atoms with Crippen molar-refractivity contribution in [3.63, 3.8) is 0 Å². The minimum atomic E-state index is 0.535. The first-order valence-electron chi connectivity index (χ1n) is 7.57. The monoisotopic (exact) mass is 345 g/mol. The molecule has 0 aliphatic rings. The zero-order valence-corrected chi connectivity index (χ0v) is 14.7. The van der Waals surface area contributed by atoms with E-state index >= 15 is 0 Å². The molecule has 2 heteroatoms. The quantitative estimate of drug-likeness (QED) is 0.776. The van der Waals surface area contributed by atoms with E-state index in [-0.39, 0.29) is 0 Å². The smallest absolute Gasteiger partial charge is 0.0210 e. The van der Waals surface area contributed by atoms with Crippen molar-refractivity contribution < 1.29 is 0 Å². The molecule has 0 aliphatic heterocycles. The zero-order valence-electron chi connectivity index (χ0n) is 13.1. The minimum Gasteiger partial charge on any atom is -0.320 e. The van der Waals surface area contributed by atoms with Crippen molar-refractivity contribution >= 4 is 15.9 Å². The number of halogens is 1. The van der Waals surface area contributed by atoms with Gasteiger partial charge in [0, 0.05) is 4.47 Å². The molecule has 1 atom stereocenters. The van der Waals surface area contributed by atoms with Gasteiger partial charge in [0.05, 0.1) is 0 Å². The molecule has 0 amide bonds. The summed E-state index contributed by atoms with van der Waals surface area (Å²) in [6.07, 6.45) is 2.25. The average molecular weight is 346 g/mol. The van der Waals surface area contributed by atoms with Gasteiger partial charge in [-0.1, -0.05) is 52.3 Å². The third kappa shape index (κ3) is 4.18. The Morgan fingerprint density at radius 1 is 1.00 bits per heavy atom. The molecule has 21 heavy (non-hydrogen) atoms. The van der Waals surface area contributed by atoms with Crippen LogP contribution in [0, 0.1) is 13.8 Å². The Labute approximate surface area is 136 Å². The van der Waals surface area contributed by atoms with Gasteiger partial charge in [0.25, 0.3) is 0 Å². The highest BCUT2D eigenvalue weighted by Crippen LogP contribution is 2.31. The summed E-state index contributed by atoms with van der Waals surface area (Å²) in [5, 5.41) is 3.29. The maximum Gasteiger partial charge on any atom is 0.0210 e. The Hall–Kier alpha value is -1.12. The highest BCUT2D eigenvalue weighted by atomic mass is 79.9. The van der Waals surface area contributed by atoms with Gasteiger partial charge in [-0.3, -0.25) is 0 Å². The van der Waals surface area contributed by atoms with Gasteiger partial charge in [0.15, 0.2) is 0 Å². The number of rotatable bonds is 6. The highest BCUT2D eigenvalue weighted by molar-refractivity contribution is 9.10. The summed E-state index contributed by atoms with van der Waals surface area (Å²) in [6, 6.07) is 15.2. The molecule has 2 rings (SSSR count). The van der Waals surface area contributed by atoms with E-state index < -0.39 is 0 Å². The van der Waals surface area contributed by atoms with Gasteiger partial charge in [0.2, 0.25) is 0 Å². The average Bonchev–Trinajstić information content (AvgIpc) is 2.47. The standard InChI is InChI=1S/C19H24BrN/c1-14-7-6-8-15(2)18(14)13-16(11-12-21-3)17-9-4-5-10-19(17)20/h4-10,16,21H,11-13H2,1-3H3. The van der Waals surface area contributed by atoms with Gasteiger partial charge in [-0.05, 0) is 74.5 Å². The number of benzene rings is 2. The van der Waals surface area contributed by atoms with Crippen molar-refractivity contribution in [2.24, 2.45) is 0 Å². The van der Waals surface area contributed by atoms with Crippen LogP contribution in [0.25, 0.3) is 0 Å². The van der Waals surface area contributed by atoms with Crippen LogP contribution >= 0.6 is 15.9 Å². The fraction of sp³-hybridized carbons (Fsp3) is 0.368. The van der Waals surface area contributed by atoms with E-state index in [0.29, 0.717) is 5.92 Å². The van der Waals surface area contributed by atoms with Crippen molar-refractivity contribution in [3.05, 3.63) is 69.2 Å². The first kappa shape index (κ1) is 16.3. The van der Waals surface area contributed by atoms with Crippen molar-refractivity contribution in [3.8, 4) is 0 Å². The number of nitrogens with one attached hydrogen (secondary N) is 1. The van der Waals surface area contributed by atoms with Crippen LogP contribution in [0.3, 0.4) is 0 Å². The Morgan fingerprint density at radius 3 is 2.29 bits per heavy atom. The summed E-state index contributed by atoms with van der Waals surface area (Å²) < 4.78 is 1.22. The first-order chi connectivity index (χ1) is 10.1. The normalized spacial score (nSPS) is 12.4. The Morgan fingerprint density at radius 2 is 1.67 bits per heavy atom. The molecule has 112 valence electrons. The van der Waals surface area contributed by atoms with Crippen molar-refractivity contribution in [2.45, 2.75) is 32.6 Å². The predicted octanol–water partition coefficient (Wildman–Crippen LogP) is 5.00. The molecule has 0 spiro atoms. The van der Waals surface area contributed by atoms with Gasteiger partial charge >= 0.3 is 0 Å². The topological polar surface area (TPSA) is 12.0 Å². The highest BCUT2D eigenvalue weighted by Gasteiger charge is 2.16. The second-order valence-corrected chi connectivity index (χ2v) is 6.54. The number of hydrogen-bond donors (Lipinski definition) is 1. The van der Waals surface area contributed by atoms with Crippen LogP contribution in [0.2, 0.25) is 0 Å². The molecular weight excluding hydrogens is 322 g/mol. The van der Waals surface area contributed by atoms with Gasteiger partial charge in [0.1, 0.15) is 0 Å². The number of aryl methyl sites for hydroxylation is 2. The molecule has 0 saturated heterocycles. The van der Waals surface area contributed by atoms with E-state index in [4.69, 9.17) is 0 Å². The van der Waals surface area contributed by atoms with Gasteiger partial charge < -0.3 is 5.32 Å². The Kier molecular flexibility index (Phi) is 6.01. The predicted molar refractivity (Wildman–Crippen MR) is 95.0 cm³/mol. The molecule has 0 saturated carbocycles. The number of hydrogen-bond acceptors (Lipinski definition) is 1. The molecule has 1 N–H and O–H groups in total. The fourth-order valence-corrected chi connectivity index (χ4v) is 3.52. The zero-order chi connectivity index (χ0) is 15.2. The lowest BCUT2D eigenvalue weighted by Gasteiger charge is -2.21. The molecule has 0 aromatic heterocycles. The maximum atomic E-state index is 3.72. The summed E-state index contributed by atoms with van der Waals surface area (Å²) in [5.41, 5.74) is 5.71. The first-order valence-corrected chi connectivity index (χ1v) is 8.37. The molecule has 0 radical (unpaired) electrons. The minimum absolute atomic E-state index is 0.535. The van der Waals surface area contributed by atoms with E-state index in [2.05, 4.69) is 77.6 Å². The van der Waals surface area contributed by atoms with Crippen LogP contribution in [-0.4, -0.2) is 13.6 Å². The third-order valence-corrected chi connectivity index (χ3v) is 4.91. The molecule has 0 heterocycles. The van der Waals surface area contributed by atoms with E-state index in [0.717, 1.165) is 19.4 Å². The van der Waals surface area contributed by atoms with Crippen LogP contribution < -0.4 is 5.32 Å². The van der Waals surface area contributed by atoms with Crippen LogP contribution in [-0.2, 0) is 6.42 Å². The molecule has 0 aliphatic carbocycles. The second-order valence-electron chi connectivity index (χ2n) is 5.69. The third-order valence-electron chi connectivity index (χ3n) is 4.18. The fourth-order valence-electron chi connectivity index (χ4n) is 2.91. The summed E-state index contributed by atoms with van der Waals surface area (Å²) in [7, 11) is 2.02. The van der Waals surface area contributed by atoms with Crippen LogP contribution in [0.1, 0.15) is 34.6 Å². The molecule has 0 bridgehead atoms.